The first-order chi connectivity index (χ1) is 16.5. The zero-order valence-corrected chi connectivity index (χ0v) is 22.2. The van der Waals surface area contributed by atoms with Crippen LogP contribution in [-0.4, -0.2) is 38.5 Å². The molecular formula is C28H37NO5S. The van der Waals surface area contributed by atoms with Crippen LogP contribution in [0.25, 0.3) is 0 Å². The third kappa shape index (κ3) is 4.73. The summed E-state index contributed by atoms with van der Waals surface area (Å²) in [7, 11) is -0.406. The quantitative estimate of drug-likeness (QED) is 0.457. The second kappa shape index (κ2) is 9.58. The van der Waals surface area contributed by atoms with Crippen molar-refractivity contribution in [1.82, 2.24) is 4.31 Å². The summed E-state index contributed by atoms with van der Waals surface area (Å²) in [6.45, 7) is 6.93. The summed E-state index contributed by atoms with van der Waals surface area (Å²) in [5, 5.41) is 0. The van der Waals surface area contributed by atoms with E-state index >= 15 is 0 Å². The molecule has 2 saturated carbocycles. The molecule has 2 fully saturated rings. The minimum absolute atomic E-state index is 0.0294. The molecule has 4 rings (SSSR count). The second-order valence-electron chi connectivity index (χ2n) is 10.7. The van der Waals surface area contributed by atoms with Crippen molar-refractivity contribution in [2.45, 2.75) is 53.1 Å². The predicted molar refractivity (Wildman–Crippen MR) is 137 cm³/mol. The van der Waals surface area contributed by atoms with Crippen molar-refractivity contribution in [3.63, 3.8) is 0 Å². The molecule has 35 heavy (non-hydrogen) atoms. The Balaban J connectivity index is 1.54. The summed E-state index contributed by atoms with van der Waals surface area (Å²) >= 11 is 0. The number of sulfonamides is 1. The van der Waals surface area contributed by atoms with Crippen LogP contribution in [0.5, 0.6) is 11.5 Å². The summed E-state index contributed by atoms with van der Waals surface area (Å²) < 4.78 is 39.3. The molecule has 0 radical (unpaired) electrons. The van der Waals surface area contributed by atoms with Gasteiger partial charge in [-0.15, -0.1) is 0 Å². The highest BCUT2D eigenvalue weighted by Gasteiger charge is 2.65. The number of carbonyl (C=O) groups excluding carboxylic acids is 1. The molecule has 0 spiro atoms. The van der Waals surface area contributed by atoms with E-state index in [9.17, 15) is 13.2 Å². The number of ketones is 1. The van der Waals surface area contributed by atoms with E-state index in [4.69, 9.17) is 9.47 Å². The Morgan fingerprint density at radius 1 is 0.886 bits per heavy atom. The van der Waals surface area contributed by atoms with E-state index in [0.717, 1.165) is 35.5 Å². The number of ether oxygens (including phenoxy) is 2. The van der Waals surface area contributed by atoms with Crippen LogP contribution in [0, 0.1) is 22.7 Å². The Morgan fingerprint density at radius 2 is 1.37 bits per heavy atom. The molecule has 190 valence electrons. The number of hydrogen-bond donors (Lipinski definition) is 0. The molecular weight excluding hydrogens is 462 g/mol. The van der Waals surface area contributed by atoms with E-state index in [2.05, 4.69) is 20.8 Å². The Bertz CT molecular complexity index is 1110. The molecule has 0 heterocycles. The van der Waals surface area contributed by atoms with Crippen LogP contribution in [0.2, 0.25) is 0 Å². The van der Waals surface area contributed by atoms with Crippen LogP contribution < -0.4 is 9.47 Å². The number of carbonyl (C=O) groups is 1. The number of Topliss-reactive ketones (excluding diaryl/α,β-unsaturated/α-hetero) is 1. The van der Waals surface area contributed by atoms with E-state index in [1.165, 1.54) is 4.31 Å². The molecule has 3 atom stereocenters. The van der Waals surface area contributed by atoms with Crippen LogP contribution in [0.15, 0.2) is 48.5 Å². The molecule has 2 aromatic rings. The Morgan fingerprint density at radius 3 is 1.77 bits per heavy atom. The maximum Gasteiger partial charge on any atom is 0.214 e. The third-order valence-corrected chi connectivity index (χ3v) is 10.6. The summed E-state index contributed by atoms with van der Waals surface area (Å²) in [5.74, 6) is 1.76. The Kier molecular flexibility index (Phi) is 7.04. The lowest BCUT2D eigenvalue weighted by molar-refractivity contribution is -0.131. The minimum Gasteiger partial charge on any atom is -0.497 e. The zero-order chi connectivity index (χ0) is 25.4. The molecule has 6 nitrogen and oxygen atoms in total. The molecule has 0 unspecified atom stereocenters. The van der Waals surface area contributed by atoms with E-state index in [0.29, 0.717) is 6.42 Å². The van der Waals surface area contributed by atoms with Crippen LogP contribution in [0.1, 0.15) is 51.2 Å². The summed E-state index contributed by atoms with van der Waals surface area (Å²) in [6, 6.07) is 14.9. The molecule has 2 bridgehead atoms. The van der Waals surface area contributed by atoms with Gasteiger partial charge in [0.05, 0.1) is 20.0 Å². The SMILES string of the molecule is COc1ccc(CN(Cc2ccc(OC)cc2)S(=O)(=O)CC[C@@H]2C(=O)[C@]3(C)CC[C@H]2C3(C)C)cc1. The molecule has 2 aliphatic carbocycles. The number of hydrogen-bond acceptors (Lipinski definition) is 5. The van der Waals surface area contributed by atoms with Crippen LogP contribution in [0.3, 0.4) is 0 Å². The maximum atomic E-state index is 13.7. The molecule has 0 saturated heterocycles. The smallest absolute Gasteiger partial charge is 0.214 e. The molecule has 0 aromatic heterocycles. The molecule has 0 aliphatic heterocycles. The van der Waals surface area contributed by atoms with Crippen molar-refractivity contribution >= 4 is 15.8 Å². The Labute approximate surface area is 209 Å². The van der Waals surface area contributed by atoms with Crippen LogP contribution in [0.4, 0.5) is 0 Å². The van der Waals surface area contributed by atoms with Gasteiger partial charge < -0.3 is 9.47 Å². The van der Waals surface area contributed by atoms with Crippen LogP contribution in [-0.2, 0) is 27.9 Å². The van der Waals surface area contributed by atoms with Crippen molar-refractivity contribution in [2.75, 3.05) is 20.0 Å². The molecule has 2 aromatic carbocycles. The van der Waals surface area contributed by atoms with Crippen molar-refractivity contribution < 1.29 is 22.7 Å². The second-order valence-corrected chi connectivity index (χ2v) is 12.8. The van der Waals surface area contributed by atoms with Gasteiger partial charge in [0.25, 0.3) is 0 Å². The monoisotopic (exact) mass is 499 g/mol. The summed E-state index contributed by atoms with van der Waals surface area (Å²) in [5.41, 5.74) is 1.35. The maximum absolute atomic E-state index is 13.7. The lowest BCUT2D eigenvalue weighted by atomic mass is 9.70. The van der Waals surface area contributed by atoms with Gasteiger partial charge in [0, 0.05) is 24.4 Å². The number of fused-ring (bicyclic) bond motifs is 2. The molecule has 0 amide bonds. The number of rotatable bonds is 10. The fourth-order valence-electron chi connectivity index (χ4n) is 6.13. The van der Waals surface area contributed by atoms with Gasteiger partial charge >= 0.3 is 0 Å². The highest BCUT2D eigenvalue weighted by Crippen LogP contribution is 2.66. The number of nitrogens with zero attached hydrogens (tertiary/aromatic N) is 1. The number of methoxy groups -OCH3 is 2. The summed E-state index contributed by atoms with van der Waals surface area (Å²) in [6.07, 6.45) is 2.29. The van der Waals surface area contributed by atoms with Gasteiger partial charge in [-0.2, -0.15) is 4.31 Å². The standard InChI is InChI=1S/C28H37NO5S/c1-27(2)25-14-16-28(27,3)26(30)24(25)15-17-35(31,32)29(18-20-6-10-22(33-4)11-7-20)19-21-8-12-23(34-5)13-9-21/h6-13,24-25H,14-19H2,1-5H3/t24-,25+,28-/m0/s1. The molecule has 7 heteroatoms. The normalized spacial score (nSPS) is 25.3. The van der Waals surface area contributed by atoms with Gasteiger partial charge in [-0.05, 0) is 66.0 Å². The average Bonchev–Trinajstić information content (AvgIpc) is 3.16. The zero-order valence-electron chi connectivity index (χ0n) is 21.4. The van der Waals surface area contributed by atoms with E-state index in [1.54, 1.807) is 14.2 Å². The Hall–Kier alpha value is -2.38. The fourth-order valence-corrected chi connectivity index (χ4v) is 7.63. The van der Waals surface area contributed by atoms with Crippen molar-refractivity contribution in [3.8, 4) is 11.5 Å². The lowest BCUT2D eigenvalue weighted by Gasteiger charge is -2.32. The first-order valence-corrected chi connectivity index (χ1v) is 13.9. The van der Waals surface area contributed by atoms with Gasteiger partial charge in [-0.3, -0.25) is 4.79 Å². The number of benzene rings is 2. The highest BCUT2D eigenvalue weighted by molar-refractivity contribution is 7.89. The molecule has 0 N–H and O–H groups in total. The van der Waals surface area contributed by atoms with E-state index in [-0.39, 0.29) is 47.3 Å². The van der Waals surface area contributed by atoms with Crippen LogP contribution >= 0.6 is 0 Å². The topological polar surface area (TPSA) is 72.9 Å². The minimum atomic E-state index is -3.62. The van der Waals surface area contributed by atoms with Gasteiger partial charge in [0.2, 0.25) is 10.0 Å². The van der Waals surface area contributed by atoms with Crippen molar-refractivity contribution in [1.29, 1.82) is 0 Å². The predicted octanol–water partition coefficient (Wildman–Crippen LogP) is 5.07. The third-order valence-electron chi connectivity index (χ3n) is 8.79. The highest BCUT2D eigenvalue weighted by atomic mass is 32.2. The van der Waals surface area contributed by atoms with Gasteiger partial charge in [-0.25, -0.2) is 8.42 Å². The van der Waals surface area contributed by atoms with Gasteiger partial charge in [0.15, 0.2) is 0 Å². The largest absolute Gasteiger partial charge is 0.497 e. The van der Waals surface area contributed by atoms with Crippen molar-refractivity contribution in [2.24, 2.45) is 22.7 Å². The van der Waals surface area contributed by atoms with Gasteiger partial charge in [-0.1, -0.05) is 45.0 Å². The summed E-state index contributed by atoms with van der Waals surface area (Å²) in [4.78, 5) is 13.3. The first kappa shape index (κ1) is 25.7. The van der Waals surface area contributed by atoms with Crippen molar-refractivity contribution in [3.05, 3.63) is 59.7 Å². The van der Waals surface area contributed by atoms with E-state index < -0.39 is 10.0 Å². The first-order valence-electron chi connectivity index (χ1n) is 12.3. The van der Waals surface area contributed by atoms with E-state index in [1.807, 2.05) is 48.5 Å². The van der Waals surface area contributed by atoms with Gasteiger partial charge in [0.1, 0.15) is 17.3 Å². The average molecular weight is 500 g/mol. The molecule has 2 aliphatic rings. The fraction of sp³-hybridized carbons (Fsp3) is 0.536. The lowest BCUT2D eigenvalue weighted by Crippen LogP contribution is -2.35.